The predicted molar refractivity (Wildman–Crippen MR) is 94.3 cm³/mol. The molecule has 2 aliphatic heterocycles. The minimum Gasteiger partial charge on any atom is -0.385 e. The normalized spacial score (nSPS) is 45.8. The smallest absolute Gasteiger partial charge is 0.131 e. The Morgan fingerprint density at radius 2 is 2.17 bits per heavy atom. The fraction of sp³-hybridized carbons (Fsp3) is 0.941. The highest BCUT2D eigenvalue weighted by atomic mass is 35.5. The number of piperidine rings is 1. The summed E-state index contributed by atoms with van der Waals surface area (Å²) in [4.78, 5) is 4.61. The van der Waals surface area contributed by atoms with Crippen LogP contribution < -0.4 is 11.1 Å². The number of nitrogens with one attached hydrogen (secondary N) is 1. The molecule has 7 heteroatoms. The highest BCUT2D eigenvalue weighted by Gasteiger charge is 2.58. The van der Waals surface area contributed by atoms with Crippen LogP contribution in [0.15, 0.2) is 4.99 Å². The van der Waals surface area contributed by atoms with Gasteiger partial charge in [-0.1, -0.05) is 6.92 Å². The van der Waals surface area contributed by atoms with Crippen LogP contribution in [0, 0.1) is 11.8 Å². The number of ether oxygens (including phenoxy) is 2. The Labute approximate surface area is 149 Å². The second-order valence-electron chi connectivity index (χ2n) is 7.31. The van der Waals surface area contributed by atoms with Crippen LogP contribution >= 0.6 is 11.6 Å². The summed E-state index contributed by atoms with van der Waals surface area (Å²) in [5, 5.41) is 15.1. The summed E-state index contributed by atoms with van der Waals surface area (Å²) < 4.78 is 11.5. The molecule has 1 saturated carbocycles. The van der Waals surface area contributed by atoms with Crippen LogP contribution in [-0.2, 0) is 9.47 Å². The summed E-state index contributed by atoms with van der Waals surface area (Å²) in [6.07, 6.45) is 3.93. The van der Waals surface area contributed by atoms with Crippen LogP contribution in [0.25, 0.3) is 0 Å². The van der Waals surface area contributed by atoms with Crippen molar-refractivity contribution in [3.63, 3.8) is 0 Å². The van der Waals surface area contributed by atoms with Gasteiger partial charge in [0.2, 0.25) is 0 Å². The lowest BCUT2D eigenvalue weighted by Gasteiger charge is -2.47. The van der Waals surface area contributed by atoms with E-state index in [0.29, 0.717) is 25.4 Å². The number of hydrogen-bond donors (Lipinski definition) is 3. The molecule has 7 atom stereocenters. The number of fused-ring (bicyclic) bond motifs is 1. The van der Waals surface area contributed by atoms with Gasteiger partial charge in [0.25, 0.3) is 0 Å². The van der Waals surface area contributed by atoms with Gasteiger partial charge in [0.15, 0.2) is 0 Å². The van der Waals surface area contributed by atoms with Crippen molar-refractivity contribution in [1.29, 1.82) is 0 Å². The second-order valence-corrected chi connectivity index (χ2v) is 7.93. The molecule has 3 rings (SSSR count). The third-order valence-corrected chi connectivity index (χ3v) is 6.28. The number of rotatable bonds is 5. The lowest BCUT2D eigenvalue weighted by atomic mass is 9.66. The first kappa shape index (κ1) is 18.4. The zero-order valence-corrected chi connectivity index (χ0v) is 15.3. The van der Waals surface area contributed by atoms with Crippen molar-refractivity contribution >= 4 is 17.4 Å². The minimum absolute atomic E-state index is 0.0258. The van der Waals surface area contributed by atoms with Gasteiger partial charge in [0.05, 0.1) is 12.1 Å². The summed E-state index contributed by atoms with van der Waals surface area (Å²) in [6, 6.07) is 0.0766. The maximum Gasteiger partial charge on any atom is 0.131 e. The summed E-state index contributed by atoms with van der Waals surface area (Å²) >= 11 is 6.40. The van der Waals surface area contributed by atoms with Crippen LogP contribution in [0.5, 0.6) is 0 Å². The maximum absolute atomic E-state index is 11.7. The highest BCUT2D eigenvalue weighted by Crippen LogP contribution is 2.47. The lowest BCUT2D eigenvalue weighted by Crippen LogP contribution is -2.63. The molecule has 0 aromatic heterocycles. The van der Waals surface area contributed by atoms with Crippen molar-refractivity contribution in [1.82, 2.24) is 5.32 Å². The predicted octanol–water partition coefficient (Wildman–Crippen LogP) is 1.24. The molecule has 7 unspecified atom stereocenters. The molecule has 138 valence electrons. The van der Waals surface area contributed by atoms with Crippen LogP contribution in [-0.4, -0.2) is 60.6 Å². The van der Waals surface area contributed by atoms with Gasteiger partial charge >= 0.3 is 0 Å². The Bertz CT molecular complexity index is 478. The molecule has 0 spiro atoms. The first-order chi connectivity index (χ1) is 11.5. The average Bonchev–Trinajstić information content (AvgIpc) is 2.84. The van der Waals surface area contributed by atoms with Crippen LogP contribution in [0.3, 0.4) is 0 Å². The standard InChI is InChI=1S/C17H30ClN3O3/c1-3-6-24-14-9-20-15(23-2)8-12(14)17(22)11-7-10(18)4-5-13(11)21-16(17)19/h10-15,20,22H,3-9H2,1-2H3,(H2,19,21). The van der Waals surface area contributed by atoms with Crippen molar-refractivity contribution < 1.29 is 14.6 Å². The highest BCUT2D eigenvalue weighted by molar-refractivity contribution is 6.20. The Balaban J connectivity index is 1.87. The van der Waals surface area contributed by atoms with Crippen molar-refractivity contribution in [2.24, 2.45) is 22.6 Å². The molecule has 0 radical (unpaired) electrons. The largest absolute Gasteiger partial charge is 0.385 e. The van der Waals surface area contributed by atoms with Crippen LogP contribution in [0.2, 0.25) is 0 Å². The molecule has 1 aliphatic carbocycles. The molecule has 6 nitrogen and oxygen atoms in total. The lowest BCUT2D eigenvalue weighted by molar-refractivity contribution is -0.129. The fourth-order valence-electron chi connectivity index (χ4n) is 4.61. The molecular weight excluding hydrogens is 330 g/mol. The third kappa shape index (κ3) is 3.19. The van der Waals surface area contributed by atoms with Crippen molar-refractivity contribution in [3.8, 4) is 0 Å². The first-order valence-electron chi connectivity index (χ1n) is 9.08. The number of alkyl halides is 1. The van der Waals surface area contributed by atoms with Gasteiger partial charge in [-0.2, -0.15) is 0 Å². The van der Waals surface area contributed by atoms with E-state index in [2.05, 4.69) is 17.2 Å². The fourth-order valence-corrected chi connectivity index (χ4v) is 4.93. The molecule has 4 N–H and O–H groups in total. The molecular formula is C17H30ClN3O3. The molecule has 0 aromatic carbocycles. The van der Waals surface area contributed by atoms with Crippen LogP contribution in [0.4, 0.5) is 0 Å². The number of halogens is 1. The van der Waals surface area contributed by atoms with Gasteiger partial charge in [-0.15, -0.1) is 11.6 Å². The second kappa shape index (κ2) is 7.46. The van der Waals surface area contributed by atoms with E-state index in [1.54, 1.807) is 7.11 Å². The van der Waals surface area contributed by atoms with E-state index in [4.69, 9.17) is 26.8 Å². The quantitative estimate of drug-likeness (QED) is 0.643. The van der Waals surface area contributed by atoms with Gasteiger partial charge in [0.1, 0.15) is 17.7 Å². The molecule has 0 amide bonds. The molecule has 3 aliphatic rings. The number of methoxy groups -OCH3 is 1. The number of hydrogen-bond acceptors (Lipinski definition) is 6. The SMILES string of the molecule is CCCOC1CNC(OC)CC1C1(O)C(N)=NC2CCC(Cl)CC21. The monoisotopic (exact) mass is 359 g/mol. The summed E-state index contributed by atoms with van der Waals surface area (Å²) in [6.45, 7) is 3.39. The topological polar surface area (TPSA) is 89.1 Å². The summed E-state index contributed by atoms with van der Waals surface area (Å²) in [7, 11) is 1.68. The Kier molecular flexibility index (Phi) is 5.72. The average molecular weight is 360 g/mol. The summed E-state index contributed by atoms with van der Waals surface area (Å²) in [5.41, 5.74) is 5.11. The molecule has 2 heterocycles. The number of nitrogens with zero attached hydrogens (tertiary/aromatic N) is 1. The van der Waals surface area contributed by atoms with Crippen molar-refractivity contribution in [2.75, 3.05) is 20.3 Å². The molecule has 2 fully saturated rings. The molecule has 1 saturated heterocycles. The number of nitrogens with two attached hydrogens (primary N) is 1. The first-order valence-corrected chi connectivity index (χ1v) is 9.52. The van der Waals surface area contributed by atoms with E-state index < -0.39 is 5.60 Å². The Morgan fingerprint density at radius 3 is 2.88 bits per heavy atom. The Morgan fingerprint density at radius 1 is 1.38 bits per heavy atom. The van der Waals surface area contributed by atoms with Crippen LogP contribution in [0.1, 0.15) is 39.0 Å². The minimum atomic E-state index is -1.16. The van der Waals surface area contributed by atoms with E-state index in [0.717, 1.165) is 25.7 Å². The van der Waals surface area contributed by atoms with E-state index in [1.165, 1.54) is 0 Å². The molecule has 24 heavy (non-hydrogen) atoms. The van der Waals surface area contributed by atoms with E-state index in [9.17, 15) is 5.11 Å². The maximum atomic E-state index is 11.7. The van der Waals surface area contributed by atoms with Gasteiger partial charge in [-0.05, 0) is 32.1 Å². The van der Waals surface area contributed by atoms with Gasteiger partial charge in [0, 0.05) is 37.5 Å². The van der Waals surface area contributed by atoms with Gasteiger partial charge in [-0.3, -0.25) is 10.3 Å². The zero-order chi connectivity index (χ0) is 17.3. The number of aliphatic hydroxyl groups is 1. The van der Waals surface area contributed by atoms with Crippen molar-refractivity contribution in [2.45, 2.75) is 68.4 Å². The molecule has 0 aromatic rings. The van der Waals surface area contributed by atoms with E-state index in [1.807, 2.05) is 0 Å². The molecule has 0 bridgehead atoms. The number of amidine groups is 1. The third-order valence-electron chi connectivity index (χ3n) is 5.88. The Hall–Kier alpha value is -0.400. The zero-order valence-electron chi connectivity index (χ0n) is 14.6. The van der Waals surface area contributed by atoms with E-state index >= 15 is 0 Å². The van der Waals surface area contributed by atoms with E-state index in [-0.39, 0.29) is 35.6 Å². The van der Waals surface area contributed by atoms with Crippen molar-refractivity contribution in [3.05, 3.63) is 0 Å². The van der Waals surface area contributed by atoms with Gasteiger partial charge < -0.3 is 20.3 Å². The summed E-state index contributed by atoms with van der Waals surface area (Å²) in [5.74, 6) is 0.188. The van der Waals surface area contributed by atoms with Gasteiger partial charge in [-0.25, -0.2) is 0 Å². The number of aliphatic imine (C=N–C) groups is 1.